The fourth-order valence-corrected chi connectivity index (χ4v) is 3.35. The molecule has 3 aromatic rings. The second-order valence-corrected chi connectivity index (χ2v) is 6.44. The number of halogens is 2. The van der Waals surface area contributed by atoms with E-state index < -0.39 is 5.82 Å². The van der Waals surface area contributed by atoms with Gasteiger partial charge in [-0.25, -0.2) is 9.07 Å². The van der Waals surface area contributed by atoms with Gasteiger partial charge >= 0.3 is 0 Å². The zero-order valence-corrected chi connectivity index (χ0v) is 14.3. The largest absolute Gasteiger partial charge is 0.356 e. The van der Waals surface area contributed by atoms with Crippen LogP contribution in [0.4, 0.5) is 4.39 Å². The first-order chi connectivity index (χ1) is 12.2. The van der Waals surface area contributed by atoms with Gasteiger partial charge in [0, 0.05) is 30.1 Å². The molecule has 2 aromatic heterocycles. The summed E-state index contributed by atoms with van der Waals surface area (Å²) in [7, 11) is 0. The lowest BCUT2D eigenvalue weighted by Gasteiger charge is -2.25. The van der Waals surface area contributed by atoms with Gasteiger partial charge in [0.2, 0.25) is 0 Å². The predicted octanol–water partition coefficient (Wildman–Crippen LogP) is 5.10. The van der Waals surface area contributed by atoms with Crippen molar-refractivity contribution >= 4 is 11.6 Å². The third-order valence-corrected chi connectivity index (χ3v) is 4.70. The smallest absolute Gasteiger partial charge is 0.150 e. The molecule has 1 fully saturated rings. The van der Waals surface area contributed by atoms with Crippen molar-refractivity contribution < 1.29 is 9.13 Å². The number of ether oxygens (including phenoxy) is 1. The summed E-state index contributed by atoms with van der Waals surface area (Å²) in [5, 5.41) is 4.67. The van der Waals surface area contributed by atoms with E-state index in [4.69, 9.17) is 16.3 Å². The van der Waals surface area contributed by atoms with Gasteiger partial charge < -0.3 is 4.74 Å². The summed E-state index contributed by atoms with van der Waals surface area (Å²) in [5.41, 5.74) is 3.62. The number of hydrogen-bond donors (Lipinski definition) is 0. The van der Waals surface area contributed by atoms with Crippen molar-refractivity contribution in [2.24, 2.45) is 0 Å². The number of benzene rings is 1. The second kappa shape index (κ2) is 6.94. The number of rotatable bonds is 3. The van der Waals surface area contributed by atoms with E-state index in [9.17, 15) is 4.39 Å². The van der Waals surface area contributed by atoms with Gasteiger partial charge in [-0.15, -0.1) is 0 Å². The molecule has 0 bridgehead atoms. The van der Waals surface area contributed by atoms with E-state index in [1.54, 1.807) is 24.5 Å². The third-order valence-electron chi connectivity index (χ3n) is 4.41. The highest BCUT2D eigenvalue weighted by atomic mass is 35.5. The molecule has 0 radical (unpaired) electrons. The molecule has 4 rings (SSSR count). The highest BCUT2D eigenvalue weighted by Gasteiger charge is 2.23. The van der Waals surface area contributed by atoms with E-state index in [2.05, 4.69) is 10.1 Å². The monoisotopic (exact) mass is 357 g/mol. The molecule has 6 heteroatoms. The molecule has 0 aliphatic carbocycles. The zero-order valence-electron chi connectivity index (χ0n) is 13.5. The van der Waals surface area contributed by atoms with Crippen molar-refractivity contribution in [1.29, 1.82) is 0 Å². The molecule has 4 nitrogen and oxygen atoms in total. The summed E-state index contributed by atoms with van der Waals surface area (Å²) in [6.07, 6.45) is 8.24. The van der Waals surface area contributed by atoms with Crippen LogP contribution >= 0.6 is 11.6 Å². The van der Waals surface area contributed by atoms with E-state index in [0.29, 0.717) is 0 Å². The Hall–Kier alpha value is -2.24. The molecule has 3 heterocycles. The summed E-state index contributed by atoms with van der Waals surface area (Å²) in [4.78, 5) is 4.07. The first kappa shape index (κ1) is 16.2. The van der Waals surface area contributed by atoms with Gasteiger partial charge in [0.15, 0.2) is 6.23 Å². The standard InChI is InChI=1S/C19H17ClFN3O/c20-16-11-14(4-5-17(16)21)19-15(13-6-8-22-9-7-13)12-23-24(19)18-3-1-2-10-25-18/h4-9,11-12,18H,1-3,10H2. The first-order valence-electron chi connectivity index (χ1n) is 8.29. The Kier molecular flexibility index (Phi) is 4.51. The number of aromatic nitrogens is 3. The van der Waals surface area contributed by atoms with Crippen molar-refractivity contribution in [3.8, 4) is 22.4 Å². The van der Waals surface area contributed by atoms with Crippen molar-refractivity contribution in [2.45, 2.75) is 25.5 Å². The van der Waals surface area contributed by atoms with Crippen LogP contribution in [0.25, 0.3) is 22.4 Å². The van der Waals surface area contributed by atoms with Crippen molar-refractivity contribution in [3.05, 3.63) is 59.8 Å². The predicted molar refractivity (Wildman–Crippen MR) is 94.7 cm³/mol. The summed E-state index contributed by atoms with van der Waals surface area (Å²) < 4.78 is 21.4. The molecule has 1 unspecified atom stereocenters. The van der Waals surface area contributed by atoms with Crippen LogP contribution in [0.3, 0.4) is 0 Å². The molecule has 1 atom stereocenters. The van der Waals surface area contributed by atoms with E-state index in [1.807, 2.05) is 23.0 Å². The molecule has 25 heavy (non-hydrogen) atoms. The Labute approximate surface area is 150 Å². The summed E-state index contributed by atoms with van der Waals surface area (Å²) >= 11 is 6.02. The minimum atomic E-state index is -0.434. The molecular formula is C19H17ClFN3O. The number of nitrogens with zero attached hydrogens (tertiary/aromatic N) is 3. The van der Waals surface area contributed by atoms with Crippen LogP contribution in [0.15, 0.2) is 48.9 Å². The van der Waals surface area contributed by atoms with Gasteiger partial charge in [0.25, 0.3) is 0 Å². The van der Waals surface area contributed by atoms with Crippen LogP contribution in [-0.4, -0.2) is 21.4 Å². The van der Waals surface area contributed by atoms with Crippen LogP contribution in [0, 0.1) is 5.82 Å². The molecule has 1 aliphatic heterocycles. The maximum Gasteiger partial charge on any atom is 0.150 e. The summed E-state index contributed by atoms with van der Waals surface area (Å²) in [6, 6.07) is 8.60. The van der Waals surface area contributed by atoms with Gasteiger partial charge in [0.1, 0.15) is 5.82 Å². The van der Waals surface area contributed by atoms with Gasteiger partial charge in [-0.05, 0) is 55.2 Å². The van der Waals surface area contributed by atoms with Gasteiger partial charge in [-0.3, -0.25) is 4.98 Å². The highest BCUT2D eigenvalue weighted by molar-refractivity contribution is 6.31. The quantitative estimate of drug-likeness (QED) is 0.654. The number of pyridine rings is 1. The lowest BCUT2D eigenvalue weighted by Crippen LogP contribution is -2.20. The minimum absolute atomic E-state index is 0.0930. The Morgan fingerprint density at radius 3 is 2.68 bits per heavy atom. The average Bonchev–Trinajstić information content (AvgIpc) is 3.10. The molecule has 1 aliphatic rings. The van der Waals surface area contributed by atoms with E-state index in [-0.39, 0.29) is 11.3 Å². The average molecular weight is 358 g/mol. The molecule has 128 valence electrons. The van der Waals surface area contributed by atoms with Crippen molar-refractivity contribution in [3.63, 3.8) is 0 Å². The van der Waals surface area contributed by atoms with Crippen LogP contribution in [0.1, 0.15) is 25.5 Å². The topological polar surface area (TPSA) is 39.9 Å². The van der Waals surface area contributed by atoms with Crippen LogP contribution in [0.2, 0.25) is 5.02 Å². The molecule has 0 N–H and O–H groups in total. The van der Waals surface area contributed by atoms with E-state index >= 15 is 0 Å². The fraction of sp³-hybridized carbons (Fsp3) is 0.263. The molecule has 0 spiro atoms. The minimum Gasteiger partial charge on any atom is -0.356 e. The van der Waals surface area contributed by atoms with E-state index in [0.717, 1.165) is 48.3 Å². The SMILES string of the molecule is Fc1ccc(-c2c(-c3ccncc3)cnn2C2CCCCO2)cc1Cl. The van der Waals surface area contributed by atoms with Crippen LogP contribution in [0.5, 0.6) is 0 Å². The third kappa shape index (κ3) is 3.17. The van der Waals surface area contributed by atoms with Crippen LogP contribution in [-0.2, 0) is 4.74 Å². The lowest BCUT2D eigenvalue weighted by atomic mass is 10.0. The molecule has 0 amide bonds. The molecule has 1 saturated heterocycles. The molecule has 1 aromatic carbocycles. The Bertz CT molecular complexity index is 876. The zero-order chi connectivity index (χ0) is 17.2. The normalized spacial score (nSPS) is 17.6. The first-order valence-corrected chi connectivity index (χ1v) is 8.67. The van der Waals surface area contributed by atoms with Gasteiger partial charge in [-0.2, -0.15) is 5.10 Å². The van der Waals surface area contributed by atoms with Gasteiger partial charge in [0.05, 0.1) is 16.9 Å². The second-order valence-electron chi connectivity index (χ2n) is 6.04. The van der Waals surface area contributed by atoms with Gasteiger partial charge in [-0.1, -0.05) is 11.6 Å². The van der Waals surface area contributed by atoms with Crippen LogP contribution < -0.4 is 0 Å². The number of hydrogen-bond acceptors (Lipinski definition) is 3. The Morgan fingerprint density at radius 2 is 1.96 bits per heavy atom. The molecule has 0 saturated carbocycles. The lowest BCUT2D eigenvalue weighted by molar-refractivity contribution is -0.0383. The maximum atomic E-state index is 13.6. The highest BCUT2D eigenvalue weighted by Crippen LogP contribution is 2.37. The Balaban J connectivity index is 1.88. The van der Waals surface area contributed by atoms with Crippen molar-refractivity contribution in [1.82, 2.24) is 14.8 Å². The van der Waals surface area contributed by atoms with Crippen molar-refractivity contribution in [2.75, 3.05) is 6.61 Å². The Morgan fingerprint density at radius 1 is 1.12 bits per heavy atom. The van der Waals surface area contributed by atoms with E-state index in [1.165, 1.54) is 6.07 Å². The summed E-state index contributed by atoms with van der Waals surface area (Å²) in [6.45, 7) is 0.721. The summed E-state index contributed by atoms with van der Waals surface area (Å²) in [5.74, 6) is -0.434. The fourth-order valence-electron chi connectivity index (χ4n) is 3.17. The molecular weight excluding hydrogens is 341 g/mol. The maximum absolute atomic E-state index is 13.6.